The van der Waals surface area contributed by atoms with Crippen LogP contribution in [0.25, 0.3) is 0 Å². The van der Waals surface area contributed by atoms with Crippen LogP contribution in [0.1, 0.15) is 46.8 Å². The molecule has 5 rings (SSSR count). The minimum absolute atomic E-state index is 0.208. The third-order valence-corrected chi connectivity index (χ3v) is 7.03. The number of nitrogens with zero attached hydrogens (tertiary/aromatic N) is 2. The van der Waals surface area contributed by atoms with Gasteiger partial charge >= 0.3 is 0 Å². The standard InChI is InChI=1S/C26H29N3O5/c1-26(10-9-23(30)27-25(26)32)29-16-21-20(24(29)31)3-2-4-22(21)34-17-19-7-5-18(6-8-19)15-28-11-13-33-14-12-28/h2-8H,9-17H2,1H3,(H,27,30,32). The van der Waals surface area contributed by atoms with Crippen molar-refractivity contribution < 1.29 is 23.9 Å². The predicted octanol–water partition coefficient (Wildman–Crippen LogP) is 2.25. The molecule has 0 spiro atoms. The molecule has 3 aliphatic heterocycles. The fourth-order valence-corrected chi connectivity index (χ4v) is 4.81. The molecule has 0 saturated carbocycles. The van der Waals surface area contributed by atoms with Crippen LogP contribution in [0, 0.1) is 0 Å². The van der Waals surface area contributed by atoms with E-state index in [1.807, 2.05) is 6.07 Å². The zero-order valence-electron chi connectivity index (χ0n) is 19.3. The van der Waals surface area contributed by atoms with E-state index in [-0.39, 0.29) is 24.8 Å². The highest BCUT2D eigenvalue weighted by Crippen LogP contribution is 2.38. The van der Waals surface area contributed by atoms with Gasteiger partial charge in [0.2, 0.25) is 5.91 Å². The van der Waals surface area contributed by atoms with Crippen LogP contribution >= 0.6 is 0 Å². The summed E-state index contributed by atoms with van der Waals surface area (Å²) >= 11 is 0. The molecule has 178 valence electrons. The Morgan fingerprint density at radius 2 is 1.76 bits per heavy atom. The van der Waals surface area contributed by atoms with Crippen molar-refractivity contribution in [2.45, 2.75) is 45.0 Å². The Balaban J connectivity index is 1.25. The fraction of sp³-hybridized carbons (Fsp3) is 0.423. The number of fused-ring (bicyclic) bond motifs is 1. The third kappa shape index (κ3) is 4.31. The van der Waals surface area contributed by atoms with Crippen LogP contribution in [-0.4, -0.2) is 59.4 Å². The number of hydrogen-bond acceptors (Lipinski definition) is 6. The van der Waals surface area contributed by atoms with Gasteiger partial charge in [-0.3, -0.25) is 24.6 Å². The van der Waals surface area contributed by atoms with Crippen molar-refractivity contribution in [2.24, 2.45) is 0 Å². The molecule has 2 fully saturated rings. The predicted molar refractivity (Wildman–Crippen MR) is 124 cm³/mol. The number of nitrogens with one attached hydrogen (secondary N) is 1. The Morgan fingerprint density at radius 3 is 2.50 bits per heavy atom. The van der Waals surface area contributed by atoms with Gasteiger partial charge in [0.15, 0.2) is 0 Å². The number of morpholine rings is 1. The number of amides is 3. The van der Waals surface area contributed by atoms with Crippen molar-refractivity contribution in [3.8, 4) is 5.75 Å². The van der Waals surface area contributed by atoms with Crippen LogP contribution in [0.5, 0.6) is 5.75 Å². The van der Waals surface area contributed by atoms with E-state index in [1.54, 1.807) is 24.0 Å². The first kappa shape index (κ1) is 22.6. The maximum Gasteiger partial charge on any atom is 0.255 e. The van der Waals surface area contributed by atoms with Gasteiger partial charge in [-0.15, -0.1) is 0 Å². The number of imide groups is 1. The Morgan fingerprint density at radius 1 is 1.03 bits per heavy atom. The molecular formula is C26H29N3O5. The zero-order chi connectivity index (χ0) is 23.7. The van der Waals surface area contributed by atoms with Crippen LogP contribution < -0.4 is 10.1 Å². The second-order valence-electron chi connectivity index (χ2n) is 9.32. The SMILES string of the molecule is CC1(N2Cc3c(OCc4ccc(CN5CCOCC5)cc4)cccc3C2=O)CCC(=O)NC1=O. The summed E-state index contributed by atoms with van der Waals surface area (Å²) in [7, 11) is 0. The third-order valence-electron chi connectivity index (χ3n) is 7.03. The minimum Gasteiger partial charge on any atom is -0.489 e. The molecule has 3 aliphatic rings. The van der Waals surface area contributed by atoms with Crippen molar-refractivity contribution in [1.82, 2.24) is 15.1 Å². The monoisotopic (exact) mass is 463 g/mol. The summed E-state index contributed by atoms with van der Waals surface area (Å²) in [5.41, 5.74) is 2.57. The molecule has 1 N–H and O–H groups in total. The molecule has 2 aromatic carbocycles. The van der Waals surface area contributed by atoms with Crippen LogP contribution in [-0.2, 0) is 34.0 Å². The Kier molecular flexibility index (Phi) is 6.10. The lowest BCUT2D eigenvalue weighted by atomic mass is 9.89. The lowest BCUT2D eigenvalue weighted by Crippen LogP contribution is -2.61. The first-order chi connectivity index (χ1) is 16.4. The van der Waals surface area contributed by atoms with Crippen LogP contribution in [0.4, 0.5) is 0 Å². The summed E-state index contributed by atoms with van der Waals surface area (Å²) in [5, 5.41) is 2.37. The van der Waals surface area contributed by atoms with Gasteiger partial charge in [0.1, 0.15) is 17.9 Å². The van der Waals surface area contributed by atoms with E-state index in [2.05, 4.69) is 34.5 Å². The van der Waals surface area contributed by atoms with Gasteiger partial charge in [0.25, 0.3) is 11.8 Å². The van der Waals surface area contributed by atoms with E-state index in [0.717, 1.165) is 44.0 Å². The minimum atomic E-state index is -1.06. The number of carbonyl (C=O) groups is 3. The second-order valence-corrected chi connectivity index (χ2v) is 9.32. The van der Waals surface area contributed by atoms with Crippen LogP contribution in [0.3, 0.4) is 0 Å². The first-order valence-electron chi connectivity index (χ1n) is 11.7. The van der Waals surface area contributed by atoms with Crippen molar-refractivity contribution in [2.75, 3.05) is 26.3 Å². The summed E-state index contributed by atoms with van der Waals surface area (Å²) in [6.07, 6.45) is 0.525. The number of ether oxygens (including phenoxy) is 2. The molecule has 1 atom stereocenters. The van der Waals surface area contributed by atoms with Gasteiger partial charge in [0.05, 0.1) is 19.8 Å². The molecule has 0 bridgehead atoms. The smallest absolute Gasteiger partial charge is 0.255 e. The first-order valence-corrected chi connectivity index (χ1v) is 11.7. The average molecular weight is 464 g/mol. The van der Waals surface area contributed by atoms with Crippen LogP contribution in [0.15, 0.2) is 42.5 Å². The molecule has 1 unspecified atom stereocenters. The molecule has 2 saturated heterocycles. The second kappa shape index (κ2) is 9.19. The van der Waals surface area contributed by atoms with Gasteiger partial charge in [0, 0.05) is 37.2 Å². The van der Waals surface area contributed by atoms with Gasteiger partial charge in [-0.2, -0.15) is 0 Å². The molecule has 3 heterocycles. The number of carbonyl (C=O) groups excluding carboxylic acids is 3. The lowest BCUT2D eigenvalue weighted by Gasteiger charge is -2.39. The number of hydrogen-bond donors (Lipinski definition) is 1. The van der Waals surface area contributed by atoms with E-state index >= 15 is 0 Å². The Hall–Kier alpha value is -3.23. The maximum absolute atomic E-state index is 13.1. The van der Waals surface area contributed by atoms with E-state index < -0.39 is 11.4 Å². The molecule has 0 aliphatic carbocycles. The highest BCUT2D eigenvalue weighted by Gasteiger charge is 2.49. The topological polar surface area (TPSA) is 88.2 Å². The van der Waals surface area contributed by atoms with Crippen LogP contribution in [0.2, 0.25) is 0 Å². The maximum atomic E-state index is 13.1. The summed E-state index contributed by atoms with van der Waals surface area (Å²) in [6.45, 7) is 6.78. The van der Waals surface area contributed by atoms with Gasteiger partial charge in [-0.1, -0.05) is 30.3 Å². The van der Waals surface area contributed by atoms with Crippen molar-refractivity contribution in [1.29, 1.82) is 0 Å². The van der Waals surface area contributed by atoms with E-state index in [4.69, 9.17) is 9.47 Å². The summed E-state index contributed by atoms with van der Waals surface area (Å²) in [4.78, 5) is 41.3. The zero-order valence-corrected chi connectivity index (χ0v) is 19.3. The van der Waals surface area contributed by atoms with Gasteiger partial charge < -0.3 is 14.4 Å². The van der Waals surface area contributed by atoms with Gasteiger partial charge in [-0.05, 0) is 36.6 Å². The largest absolute Gasteiger partial charge is 0.489 e. The molecule has 8 nitrogen and oxygen atoms in total. The molecule has 2 aromatic rings. The Bertz CT molecular complexity index is 1110. The van der Waals surface area contributed by atoms with Crippen molar-refractivity contribution >= 4 is 17.7 Å². The highest BCUT2D eigenvalue weighted by molar-refractivity contribution is 6.07. The van der Waals surface area contributed by atoms with Gasteiger partial charge in [-0.25, -0.2) is 0 Å². The quantitative estimate of drug-likeness (QED) is 0.662. The van der Waals surface area contributed by atoms with Crippen molar-refractivity contribution in [3.63, 3.8) is 0 Å². The van der Waals surface area contributed by atoms with E-state index in [1.165, 1.54) is 5.56 Å². The summed E-state index contributed by atoms with van der Waals surface area (Å²) in [6, 6.07) is 13.8. The summed E-state index contributed by atoms with van der Waals surface area (Å²) < 4.78 is 11.5. The highest BCUT2D eigenvalue weighted by atomic mass is 16.5. The molecule has 3 amide bonds. The molecule has 34 heavy (non-hydrogen) atoms. The normalized spacial score (nSPS) is 23.1. The van der Waals surface area contributed by atoms with E-state index in [0.29, 0.717) is 24.3 Å². The lowest BCUT2D eigenvalue weighted by molar-refractivity contribution is -0.142. The van der Waals surface area contributed by atoms with Crippen molar-refractivity contribution in [3.05, 3.63) is 64.7 Å². The van der Waals surface area contributed by atoms with E-state index in [9.17, 15) is 14.4 Å². The number of benzene rings is 2. The summed E-state index contributed by atoms with van der Waals surface area (Å²) in [5.74, 6) is -0.294. The number of piperidine rings is 1. The average Bonchev–Trinajstić information content (AvgIpc) is 3.20. The fourth-order valence-electron chi connectivity index (χ4n) is 4.81. The molecule has 0 aromatic heterocycles. The Labute approximate surface area is 198 Å². The molecule has 0 radical (unpaired) electrons. The molecule has 8 heteroatoms. The number of rotatable bonds is 6. The molecular weight excluding hydrogens is 434 g/mol.